The van der Waals surface area contributed by atoms with Crippen LogP contribution < -0.4 is 28.8 Å². The number of hydrogen-bond donors (Lipinski definition) is 6. The SMILES string of the molecule is Cc1cn([C@H]2C[C@H](O)[C@@H](COP(=O)(O)O[C@H]3C[C@H](n4ccc(N)nc4=O)O[C@@H]3CO)O2)c(=O)[nH]c1=O.N. The third-order valence-corrected chi connectivity index (χ3v) is 6.87. The van der Waals surface area contributed by atoms with Gasteiger partial charge in [0.15, 0.2) is 0 Å². The highest BCUT2D eigenvalue weighted by Gasteiger charge is 2.43. The molecule has 1 unspecified atom stereocenters. The summed E-state index contributed by atoms with van der Waals surface area (Å²) in [5, 5.41) is 19.9. The minimum atomic E-state index is -4.75. The molecule has 0 aromatic carbocycles. The monoisotopic (exact) mass is 548 g/mol. The van der Waals surface area contributed by atoms with Crippen molar-refractivity contribution in [2.75, 3.05) is 18.9 Å². The molecule has 2 aromatic heterocycles. The number of nitrogens with one attached hydrogen (secondary N) is 1. The van der Waals surface area contributed by atoms with Crippen LogP contribution >= 0.6 is 7.82 Å². The third-order valence-electron chi connectivity index (χ3n) is 5.85. The molecule has 4 heterocycles. The van der Waals surface area contributed by atoms with Crippen molar-refractivity contribution in [2.24, 2.45) is 0 Å². The minimum absolute atomic E-state index is 0. The van der Waals surface area contributed by atoms with Crippen molar-refractivity contribution in [3.05, 3.63) is 55.3 Å². The molecule has 2 aliphatic rings. The van der Waals surface area contributed by atoms with E-state index in [1.807, 2.05) is 0 Å². The van der Waals surface area contributed by atoms with Gasteiger partial charge in [-0.05, 0) is 13.0 Å². The fourth-order valence-electron chi connectivity index (χ4n) is 4.00. The number of aliphatic hydroxyl groups excluding tert-OH is 2. The summed E-state index contributed by atoms with van der Waals surface area (Å²) in [4.78, 5) is 51.6. The summed E-state index contributed by atoms with van der Waals surface area (Å²) in [5.74, 6) is 0.00753. The van der Waals surface area contributed by atoms with Gasteiger partial charge in [0.25, 0.3) is 5.56 Å². The van der Waals surface area contributed by atoms with Crippen molar-refractivity contribution >= 4 is 13.6 Å². The Hall–Kier alpha value is -2.73. The van der Waals surface area contributed by atoms with E-state index >= 15 is 0 Å². The lowest BCUT2D eigenvalue weighted by atomic mass is 10.2. The lowest BCUT2D eigenvalue weighted by molar-refractivity contribution is -0.0575. The van der Waals surface area contributed by atoms with Crippen LogP contribution in [0.5, 0.6) is 0 Å². The van der Waals surface area contributed by atoms with Crippen LogP contribution in [0.4, 0.5) is 5.82 Å². The van der Waals surface area contributed by atoms with E-state index < -0.39 is 74.8 Å². The number of phosphoric acid groups is 1. The first kappa shape index (κ1) is 28.8. The molecule has 0 bridgehead atoms. The Morgan fingerprint density at radius 3 is 2.57 bits per heavy atom. The Morgan fingerprint density at radius 1 is 1.22 bits per heavy atom. The second-order valence-corrected chi connectivity index (χ2v) is 9.81. The van der Waals surface area contributed by atoms with Crippen LogP contribution in [0, 0.1) is 6.92 Å². The number of anilines is 1. The fourth-order valence-corrected chi connectivity index (χ4v) is 4.96. The Bertz CT molecular complexity index is 1330. The van der Waals surface area contributed by atoms with Crippen LogP contribution in [0.15, 0.2) is 32.8 Å². The van der Waals surface area contributed by atoms with Crippen molar-refractivity contribution in [1.82, 2.24) is 25.3 Å². The molecule has 17 nitrogen and oxygen atoms in total. The molecule has 37 heavy (non-hydrogen) atoms. The zero-order valence-corrected chi connectivity index (χ0v) is 20.6. The van der Waals surface area contributed by atoms with Gasteiger partial charge in [-0.3, -0.25) is 28.0 Å². The third kappa shape index (κ3) is 6.40. The van der Waals surface area contributed by atoms with E-state index in [0.29, 0.717) is 0 Å². The van der Waals surface area contributed by atoms with Crippen LogP contribution in [-0.2, 0) is 23.1 Å². The number of hydrogen-bond acceptors (Lipinski definition) is 13. The molecule has 0 spiro atoms. The van der Waals surface area contributed by atoms with E-state index in [1.54, 1.807) is 0 Å². The van der Waals surface area contributed by atoms with Gasteiger partial charge in [0.2, 0.25) is 0 Å². The van der Waals surface area contributed by atoms with E-state index in [4.69, 9.17) is 24.3 Å². The first-order chi connectivity index (χ1) is 17.0. The largest absolute Gasteiger partial charge is 0.472 e. The lowest BCUT2D eigenvalue weighted by Gasteiger charge is -2.22. The zero-order valence-electron chi connectivity index (χ0n) is 19.7. The summed E-state index contributed by atoms with van der Waals surface area (Å²) in [6, 6.07) is 1.37. The highest BCUT2D eigenvalue weighted by Crippen LogP contribution is 2.48. The van der Waals surface area contributed by atoms with E-state index in [1.165, 1.54) is 25.4 Å². The number of aliphatic hydroxyl groups is 2. The van der Waals surface area contributed by atoms with Crippen LogP contribution in [0.2, 0.25) is 0 Å². The van der Waals surface area contributed by atoms with Gasteiger partial charge in [-0.1, -0.05) is 0 Å². The second kappa shape index (κ2) is 11.3. The molecule has 0 aliphatic carbocycles. The zero-order chi connectivity index (χ0) is 26.2. The van der Waals surface area contributed by atoms with E-state index in [-0.39, 0.29) is 30.4 Å². The molecule has 0 amide bonds. The summed E-state index contributed by atoms with van der Waals surface area (Å²) in [6.45, 7) is 0.361. The lowest BCUT2D eigenvalue weighted by Crippen LogP contribution is -2.33. The van der Waals surface area contributed by atoms with Gasteiger partial charge in [0.05, 0.1) is 19.3 Å². The maximum absolute atomic E-state index is 12.6. The van der Waals surface area contributed by atoms with Crippen molar-refractivity contribution in [3.63, 3.8) is 0 Å². The van der Waals surface area contributed by atoms with Crippen LogP contribution in [0.3, 0.4) is 0 Å². The van der Waals surface area contributed by atoms with Gasteiger partial charge in [0.1, 0.15) is 36.6 Å². The van der Waals surface area contributed by atoms with E-state index in [9.17, 15) is 34.1 Å². The summed E-state index contributed by atoms with van der Waals surface area (Å²) in [7, 11) is -4.75. The van der Waals surface area contributed by atoms with Crippen LogP contribution in [0.25, 0.3) is 0 Å². The standard InChI is InChI=1S/C19H26N5O11P.H3N/c1-9-6-24(19(29)22-17(9)27)15-4-10(26)13(34-15)8-32-36(30,31)35-11-5-16(33-12(11)7-25)23-3-2-14(20)21-18(23)28;/h2-3,6,10-13,15-16,25-26H,4-5,7-8H2,1H3,(H,30,31)(H2,20,21,28)(H,22,27,29);1H3/t10-,11-,12+,13+,15+,16+;/m0./s1. The molecule has 7 atom stereocenters. The fraction of sp³-hybridized carbons (Fsp3) is 0.579. The summed E-state index contributed by atoms with van der Waals surface area (Å²) < 4.78 is 36.1. The number of phosphoric ester groups is 1. The average Bonchev–Trinajstić information content (AvgIpc) is 3.37. The number of aryl methyl sites for hydroxylation is 1. The Labute approximate surface area is 208 Å². The van der Waals surface area contributed by atoms with Gasteiger partial charge in [-0.2, -0.15) is 4.98 Å². The molecule has 9 N–H and O–H groups in total. The maximum Gasteiger partial charge on any atom is 0.472 e. The summed E-state index contributed by atoms with van der Waals surface area (Å²) in [5.41, 5.74) is 3.73. The number of nitrogen functional groups attached to an aromatic ring is 1. The smallest absolute Gasteiger partial charge is 0.394 e. The predicted molar refractivity (Wildman–Crippen MR) is 125 cm³/mol. The summed E-state index contributed by atoms with van der Waals surface area (Å²) >= 11 is 0. The molecular formula is C19H29N6O11P. The average molecular weight is 548 g/mol. The first-order valence-corrected chi connectivity index (χ1v) is 12.4. The molecule has 2 aliphatic heterocycles. The highest BCUT2D eigenvalue weighted by atomic mass is 31.2. The number of rotatable bonds is 8. The van der Waals surface area contributed by atoms with Crippen molar-refractivity contribution in [3.8, 4) is 0 Å². The normalized spacial score (nSPS) is 29.1. The number of ether oxygens (including phenoxy) is 2. The quantitative estimate of drug-likeness (QED) is 0.200. The van der Waals surface area contributed by atoms with Gasteiger partial charge >= 0.3 is 19.2 Å². The number of aromatic amines is 1. The van der Waals surface area contributed by atoms with Crippen LogP contribution in [-0.4, -0.2) is 71.8 Å². The molecule has 18 heteroatoms. The predicted octanol–water partition coefficient (Wildman–Crippen LogP) is -1.72. The number of H-pyrrole nitrogens is 1. The Kier molecular flexibility index (Phi) is 8.84. The highest BCUT2D eigenvalue weighted by molar-refractivity contribution is 7.47. The Morgan fingerprint density at radius 2 is 1.89 bits per heavy atom. The minimum Gasteiger partial charge on any atom is -0.394 e. The second-order valence-electron chi connectivity index (χ2n) is 8.41. The molecule has 0 saturated carbocycles. The summed E-state index contributed by atoms with van der Waals surface area (Å²) in [6.07, 6.45) is -3.77. The topological polar surface area (TPSA) is 265 Å². The van der Waals surface area contributed by atoms with Gasteiger partial charge in [-0.25, -0.2) is 14.2 Å². The van der Waals surface area contributed by atoms with Crippen LogP contribution in [0.1, 0.15) is 30.9 Å². The number of aromatic nitrogens is 4. The molecule has 0 radical (unpaired) electrons. The van der Waals surface area contributed by atoms with Crippen molar-refractivity contribution in [1.29, 1.82) is 0 Å². The van der Waals surface area contributed by atoms with Crippen molar-refractivity contribution < 1.29 is 38.2 Å². The van der Waals surface area contributed by atoms with E-state index in [0.717, 1.165) is 9.13 Å². The molecule has 4 rings (SSSR count). The van der Waals surface area contributed by atoms with Crippen molar-refractivity contribution in [2.45, 2.75) is 56.6 Å². The molecular weight excluding hydrogens is 519 g/mol. The van der Waals surface area contributed by atoms with E-state index in [2.05, 4.69) is 9.97 Å². The molecule has 2 aromatic rings. The molecule has 2 saturated heterocycles. The number of nitrogens with two attached hydrogens (primary N) is 1. The molecule has 206 valence electrons. The Balaban J connectivity index is 0.00000380. The van der Waals surface area contributed by atoms with Gasteiger partial charge in [-0.15, -0.1) is 0 Å². The molecule has 2 fully saturated rings. The van der Waals surface area contributed by atoms with Gasteiger partial charge < -0.3 is 36.5 Å². The van der Waals surface area contributed by atoms with Gasteiger partial charge in [0, 0.05) is 30.8 Å². The number of nitrogens with zero attached hydrogens (tertiary/aromatic N) is 3. The first-order valence-electron chi connectivity index (χ1n) is 10.9. The maximum atomic E-state index is 12.6.